The third-order valence-corrected chi connectivity index (χ3v) is 10.2. The smallest absolute Gasteiger partial charge is 0.306 e. The lowest BCUT2D eigenvalue weighted by molar-refractivity contribution is -0.870. The first-order valence-corrected chi connectivity index (χ1v) is 24.0. The lowest BCUT2D eigenvalue weighted by atomic mass is 10.1. The highest BCUT2D eigenvalue weighted by Crippen LogP contribution is 2.38. The molecule has 10 heteroatoms. The Kier molecular flexibility index (Phi) is 37.6. The predicted molar refractivity (Wildman–Crippen MR) is 236 cm³/mol. The molecule has 0 radical (unpaired) electrons. The first-order chi connectivity index (χ1) is 27.5. The van der Waals surface area contributed by atoms with Crippen LogP contribution < -0.4 is 4.89 Å². The quantitative estimate of drug-likeness (QED) is 0.0197. The first-order valence-electron chi connectivity index (χ1n) is 22.5. The van der Waals surface area contributed by atoms with E-state index >= 15 is 0 Å². The van der Waals surface area contributed by atoms with Gasteiger partial charge >= 0.3 is 11.9 Å². The minimum atomic E-state index is -4.64. The van der Waals surface area contributed by atoms with Gasteiger partial charge in [0.25, 0.3) is 7.82 Å². The number of allylic oxidation sites excluding steroid dienone is 10. The fraction of sp³-hybridized carbons (Fsp3) is 0.745. The Morgan fingerprint density at radius 3 is 1.47 bits per heavy atom. The van der Waals surface area contributed by atoms with Crippen molar-refractivity contribution in [1.82, 2.24) is 0 Å². The Morgan fingerprint density at radius 2 is 0.947 bits per heavy atom. The SMILES string of the molecule is CCCCC/C=C/C/C=C/C/C=C/C/C=C/CCCCCC(=O)OC[C@@H](COP(=O)([O-])OCC[N+](C)(C)C)OC(=O)CCCCCCC/C=C/CCCCCCC. The molecule has 0 aliphatic heterocycles. The molecule has 0 heterocycles. The summed E-state index contributed by atoms with van der Waals surface area (Å²) in [6.07, 6.45) is 46.7. The Morgan fingerprint density at radius 1 is 0.544 bits per heavy atom. The van der Waals surface area contributed by atoms with Crippen LogP contribution in [0.25, 0.3) is 0 Å². The Labute approximate surface area is 349 Å². The number of nitrogens with zero attached hydrogens (tertiary/aromatic N) is 1. The summed E-state index contributed by atoms with van der Waals surface area (Å²) in [5, 5.41) is 0. The molecular weight excluding hydrogens is 737 g/mol. The van der Waals surface area contributed by atoms with Crippen molar-refractivity contribution in [3.8, 4) is 0 Å². The third-order valence-electron chi connectivity index (χ3n) is 9.26. The van der Waals surface area contributed by atoms with Crippen molar-refractivity contribution in [2.75, 3.05) is 47.5 Å². The molecule has 0 spiro atoms. The second kappa shape index (κ2) is 39.2. The summed E-state index contributed by atoms with van der Waals surface area (Å²) >= 11 is 0. The van der Waals surface area contributed by atoms with Gasteiger partial charge in [0.05, 0.1) is 27.7 Å². The van der Waals surface area contributed by atoms with Crippen LogP contribution in [0.1, 0.15) is 174 Å². The zero-order chi connectivity index (χ0) is 42.1. The van der Waals surface area contributed by atoms with E-state index in [9.17, 15) is 19.0 Å². The summed E-state index contributed by atoms with van der Waals surface area (Å²) in [5.41, 5.74) is 0. The number of rotatable bonds is 40. The highest BCUT2D eigenvalue weighted by Gasteiger charge is 2.21. The maximum atomic E-state index is 12.7. The summed E-state index contributed by atoms with van der Waals surface area (Å²) in [4.78, 5) is 37.5. The molecule has 0 aliphatic carbocycles. The van der Waals surface area contributed by atoms with Crippen LogP contribution in [0.3, 0.4) is 0 Å². The zero-order valence-electron chi connectivity index (χ0n) is 37.0. The van der Waals surface area contributed by atoms with Crippen molar-refractivity contribution in [1.29, 1.82) is 0 Å². The van der Waals surface area contributed by atoms with Crippen molar-refractivity contribution in [3.05, 3.63) is 60.8 Å². The minimum Gasteiger partial charge on any atom is -0.756 e. The summed E-state index contributed by atoms with van der Waals surface area (Å²) in [6.45, 7) is 4.13. The maximum absolute atomic E-state index is 12.7. The van der Waals surface area contributed by atoms with Crippen molar-refractivity contribution in [3.63, 3.8) is 0 Å². The van der Waals surface area contributed by atoms with Gasteiger partial charge in [-0.3, -0.25) is 14.2 Å². The van der Waals surface area contributed by atoms with Gasteiger partial charge in [-0.15, -0.1) is 0 Å². The lowest BCUT2D eigenvalue weighted by Gasteiger charge is -2.28. The van der Waals surface area contributed by atoms with Gasteiger partial charge in [0.1, 0.15) is 19.8 Å². The number of quaternary nitrogens is 1. The second-order valence-electron chi connectivity index (χ2n) is 16.1. The molecule has 330 valence electrons. The van der Waals surface area contributed by atoms with Crippen molar-refractivity contribution >= 4 is 19.8 Å². The van der Waals surface area contributed by atoms with Crippen LogP contribution in [0, 0.1) is 0 Å². The molecule has 0 saturated heterocycles. The molecule has 1 unspecified atom stereocenters. The fourth-order valence-electron chi connectivity index (χ4n) is 5.69. The van der Waals surface area contributed by atoms with Gasteiger partial charge in [-0.2, -0.15) is 0 Å². The van der Waals surface area contributed by atoms with Crippen LogP contribution in [0.15, 0.2) is 60.8 Å². The molecule has 0 N–H and O–H groups in total. The summed E-state index contributed by atoms with van der Waals surface area (Å²) in [6, 6.07) is 0. The fourth-order valence-corrected chi connectivity index (χ4v) is 6.42. The molecular formula is C47H84NO8P. The molecule has 0 bridgehead atoms. The van der Waals surface area contributed by atoms with Gasteiger partial charge in [0.2, 0.25) is 0 Å². The highest BCUT2D eigenvalue weighted by molar-refractivity contribution is 7.45. The van der Waals surface area contributed by atoms with E-state index in [2.05, 4.69) is 74.6 Å². The number of carbonyl (C=O) groups is 2. The van der Waals surface area contributed by atoms with Crippen molar-refractivity contribution in [2.24, 2.45) is 0 Å². The summed E-state index contributed by atoms with van der Waals surface area (Å²) in [5.74, 6) is -0.884. The Balaban J connectivity index is 4.42. The van der Waals surface area contributed by atoms with Crippen LogP contribution in [0.2, 0.25) is 0 Å². The largest absolute Gasteiger partial charge is 0.756 e. The average Bonchev–Trinajstić information content (AvgIpc) is 3.16. The van der Waals surface area contributed by atoms with Gasteiger partial charge in [-0.1, -0.05) is 139 Å². The minimum absolute atomic E-state index is 0.0401. The van der Waals surface area contributed by atoms with E-state index in [1.807, 2.05) is 21.1 Å². The number of ether oxygens (including phenoxy) is 2. The van der Waals surface area contributed by atoms with Crippen LogP contribution >= 0.6 is 7.82 Å². The molecule has 0 saturated carbocycles. The normalized spacial score (nSPS) is 14.1. The third kappa shape index (κ3) is 43.1. The number of phosphoric acid groups is 1. The molecule has 0 aliphatic rings. The number of phosphoric ester groups is 1. The molecule has 9 nitrogen and oxygen atoms in total. The molecule has 0 aromatic heterocycles. The number of carbonyl (C=O) groups excluding carboxylic acids is 2. The van der Waals surface area contributed by atoms with E-state index < -0.39 is 32.5 Å². The lowest BCUT2D eigenvalue weighted by Crippen LogP contribution is -2.37. The van der Waals surface area contributed by atoms with Crippen molar-refractivity contribution < 1.29 is 42.1 Å². The van der Waals surface area contributed by atoms with E-state index in [1.165, 1.54) is 64.2 Å². The Hall–Kier alpha value is -2.29. The van der Waals surface area contributed by atoms with Crippen LogP contribution in [0.5, 0.6) is 0 Å². The number of hydrogen-bond acceptors (Lipinski definition) is 8. The maximum Gasteiger partial charge on any atom is 0.306 e. The number of likely N-dealkylation sites (N-methyl/N-ethyl adjacent to an activating group) is 1. The van der Waals surface area contributed by atoms with Crippen LogP contribution in [-0.4, -0.2) is 70.0 Å². The van der Waals surface area contributed by atoms with Gasteiger partial charge in [-0.25, -0.2) is 0 Å². The number of hydrogen-bond donors (Lipinski definition) is 0. The zero-order valence-corrected chi connectivity index (χ0v) is 37.9. The van der Waals surface area contributed by atoms with Gasteiger partial charge < -0.3 is 27.9 Å². The molecule has 57 heavy (non-hydrogen) atoms. The molecule has 0 fully saturated rings. The predicted octanol–water partition coefficient (Wildman–Crippen LogP) is 12.2. The molecule has 0 amide bonds. The molecule has 2 atom stereocenters. The summed E-state index contributed by atoms with van der Waals surface area (Å²) in [7, 11) is 1.13. The van der Waals surface area contributed by atoms with Gasteiger partial charge in [0, 0.05) is 12.8 Å². The van der Waals surface area contributed by atoms with E-state index in [-0.39, 0.29) is 26.1 Å². The van der Waals surface area contributed by atoms with E-state index in [0.29, 0.717) is 23.9 Å². The van der Waals surface area contributed by atoms with Gasteiger partial charge in [0.15, 0.2) is 6.10 Å². The molecule has 0 aromatic carbocycles. The first kappa shape index (κ1) is 54.7. The van der Waals surface area contributed by atoms with E-state index in [0.717, 1.165) is 70.6 Å². The Bertz CT molecular complexity index is 1160. The highest BCUT2D eigenvalue weighted by atomic mass is 31.2. The molecule has 0 aromatic rings. The molecule has 0 rings (SSSR count). The topological polar surface area (TPSA) is 111 Å². The van der Waals surface area contributed by atoms with Crippen LogP contribution in [0.4, 0.5) is 0 Å². The number of esters is 2. The van der Waals surface area contributed by atoms with Crippen molar-refractivity contribution in [2.45, 2.75) is 180 Å². The monoisotopic (exact) mass is 822 g/mol. The second-order valence-corrected chi connectivity index (χ2v) is 17.5. The van der Waals surface area contributed by atoms with Crippen LogP contribution in [-0.2, 0) is 32.7 Å². The van der Waals surface area contributed by atoms with E-state index in [1.54, 1.807) is 0 Å². The standard InChI is InChI=1S/C47H84NO8P/c1-6-8-10-12-14-16-18-20-22-23-24-25-26-28-29-31-33-35-37-39-46(49)53-43-45(44-55-57(51,52)54-42-41-48(3,4)5)56-47(50)40-38-36-34-32-30-27-21-19-17-15-13-11-9-7-2/h14,16,19-22,24-25,28-29,45H,6-13,15,17-18,23,26-27,30-44H2,1-5H3/b16-14+,21-19+,22-20+,25-24+,29-28+/t45-/m0/s1. The average molecular weight is 822 g/mol. The van der Waals surface area contributed by atoms with E-state index in [4.69, 9.17) is 18.5 Å². The number of unbranched alkanes of at least 4 members (excludes halogenated alkanes) is 16. The van der Waals surface area contributed by atoms with Gasteiger partial charge in [-0.05, 0) is 83.5 Å². The summed E-state index contributed by atoms with van der Waals surface area (Å²) < 4.78 is 33.9.